The van der Waals surface area contributed by atoms with E-state index >= 15 is 0 Å². The smallest absolute Gasteiger partial charge is 0.112 e. The molecule has 0 unspecified atom stereocenters. The first kappa shape index (κ1) is 13.0. The molecule has 1 N–H and O–H groups in total. The van der Waals surface area contributed by atoms with Crippen LogP contribution in [0.2, 0.25) is 0 Å². The van der Waals surface area contributed by atoms with Crippen LogP contribution in [-0.2, 0) is 0 Å². The molecule has 0 bridgehead atoms. The lowest BCUT2D eigenvalue weighted by atomic mass is 10.2. The molecule has 2 aromatic rings. The first-order valence-electron chi connectivity index (χ1n) is 5.63. The average molecular weight is 308 g/mol. The molecule has 0 spiro atoms. The summed E-state index contributed by atoms with van der Waals surface area (Å²) in [5, 5.41) is 9.12. The molecule has 0 aromatic carbocycles. The molecule has 5 heteroatoms. The minimum absolute atomic E-state index is 0.0915. The highest BCUT2D eigenvalue weighted by molar-refractivity contribution is 9.10. The van der Waals surface area contributed by atoms with Crippen molar-refractivity contribution >= 4 is 32.7 Å². The molecule has 0 aliphatic carbocycles. The summed E-state index contributed by atoms with van der Waals surface area (Å²) in [4.78, 5) is 10.7. The first-order valence-corrected chi connectivity index (χ1v) is 6.42. The maximum absolute atomic E-state index is 9.12. The zero-order valence-electron chi connectivity index (χ0n) is 9.88. The normalized spacial score (nSPS) is 10.6. The molecule has 4 nitrogen and oxygen atoms in total. The van der Waals surface area contributed by atoms with E-state index in [1.54, 1.807) is 18.5 Å². The van der Waals surface area contributed by atoms with Gasteiger partial charge in [-0.05, 0) is 28.1 Å². The predicted molar refractivity (Wildman–Crippen MR) is 76.7 cm³/mol. The van der Waals surface area contributed by atoms with Crippen molar-refractivity contribution in [1.82, 2.24) is 9.97 Å². The van der Waals surface area contributed by atoms with Gasteiger partial charge in [0.15, 0.2) is 0 Å². The van der Waals surface area contributed by atoms with E-state index in [1.807, 2.05) is 17.0 Å². The lowest BCUT2D eigenvalue weighted by Crippen LogP contribution is -2.27. The SMILES string of the molecule is C=CCN(CCO)c1ccnc2cc(Br)cnc12. The highest BCUT2D eigenvalue weighted by Crippen LogP contribution is 2.25. The van der Waals surface area contributed by atoms with Crippen LogP contribution in [0.5, 0.6) is 0 Å². The van der Waals surface area contributed by atoms with Crippen molar-refractivity contribution in [3.8, 4) is 0 Å². The minimum Gasteiger partial charge on any atom is -0.395 e. The minimum atomic E-state index is 0.0915. The zero-order chi connectivity index (χ0) is 13.0. The number of rotatable bonds is 5. The number of hydrogen-bond acceptors (Lipinski definition) is 4. The summed E-state index contributed by atoms with van der Waals surface area (Å²) < 4.78 is 0.900. The fraction of sp³-hybridized carbons (Fsp3) is 0.231. The van der Waals surface area contributed by atoms with Gasteiger partial charge < -0.3 is 10.0 Å². The Bertz CT molecular complexity index is 559. The molecule has 0 radical (unpaired) electrons. The van der Waals surface area contributed by atoms with Gasteiger partial charge >= 0.3 is 0 Å². The number of aliphatic hydroxyl groups is 1. The average Bonchev–Trinajstić information content (AvgIpc) is 2.37. The lowest BCUT2D eigenvalue weighted by Gasteiger charge is -2.23. The molecular weight excluding hydrogens is 294 g/mol. The van der Waals surface area contributed by atoms with Crippen LogP contribution in [0.3, 0.4) is 0 Å². The number of anilines is 1. The summed E-state index contributed by atoms with van der Waals surface area (Å²) in [5.41, 5.74) is 2.62. The Balaban J connectivity index is 2.51. The van der Waals surface area contributed by atoms with Gasteiger partial charge in [-0.2, -0.15) is 0 Å². The Morgan fingerprint density at radius 3 is 3.00 bits per heavy atom. The van der Waals surface area contributed by atoms with Crippen LogP contribution >= 0.6 is 15.9 Å². The third-order valence-electron chi connectivity index (χ3n) is 2.58. The lowest BCUT2D eigenvalue weighted by molar-refractivity contribution is 0.303. The van der Waals surface area contributed by atoms with Crippen LogP contribution < -0.4 is 4.90 Å². The predicted octanol–water partition coefficient (Wildman–Crippen LogP) is 2.38. The summed E-state index contributed by atoms with van der Waals surface area (Å²) in [5.74, 6) is 0. The summed E-state index contributed by atoms with van der Waals surface area (Å²) >= 11 is 3.38. The zero-order valence-corrected chi connectivity index (χ0v) is 11.5. The molecule has 18 heavy (non-hydrogen) atoms. The third-order valence-corrected chi connectivity index (χ3v) is 3.02. The van der Waals surface area contributed by atoms with Crippen molar-refractivity contribution < 1.29 is 5.11 Å². The standard InChI is InChI=1S/C13H14BrN3O/c1-2-5-17(6-7-18)12-3-4-15-11-8-10(14)9-16-13(11)12/h2-4,8-9,18H,1,5-7H2. The van der Waals surface area contributed by atoms with Crippen LogP contribution in [0.15, 0.2) is 41.7 Å². The van der Waals surface area contributed by atoms with Crippen molar-refractivity contribution in [2.24, 2.45) is 0 Å². The molecule has 0 aliphatic heterocycles. The van der Waals surface area contributed by atoms with E-state index in [4.69, 9.17) is 5.11 Å². The number of pyridine rings is 2. The van der Waals surface area contributed by atoms with Crippen molar-refractivity contribution in [3.63, 3.8) is 0 Å². The second kappa shape index (κ2) is 5.93. The number of aliphatic hydroxyl groups excluding tert-OH is 1. The Labute approximate surface area is 114 Å². The highest BCUT2D eigenvalue weighted by Gasteiger charge is 2.10. The van der Waals surface area contributed by atoms with Crippen molar-refractivity contribution in [2.75, 3.05) is 24.6 Å². The number of fused-ring (bicyclic) bond motifs is 1. The molecule has 2 aromatic heterocycles. The Kier molecular flexibility index (Phi) is 4.28. The van der Waals surface area contributed by atoms with Gasteiger partial charge in [0.25, 0.3) is 0 Å². The highest BCUT2D eigenvalue weighted by atomic mass is 79.9. The molecule has 0 saturated heterocycles. The van der Waals surface area contributed by atoms with Gasteiger partial charge in [-0.3, -0.25) is 9.97 Å². The molecule has 2 rings (SSSR count). The molecule has 0 fully saturated rings. The third kappa shape index (κ3) is 2.68. The van der Waals surface area contributed by atoms with E-state index in [2.05, 4.69) is 32.5 Å². The fourth-order valence-electron chi connectivity index (χ4n) is 1.83. The van der Waals surface area contributed by atoms with E-state index < -0.39 is 0 Å². The van der Waals surface area contributed by atoms with E-state index in [9.17, 15) is 0 Å². The summed E-state index contributed by atoms with van der Waals surface area (Å²) in [6, 6.07) is 3.83. The fourth-order valence-corrected chi connectivity index (χ4v) is 2.15. The second-order valence-electron chi connectivity index (χ2n) is 3.81. The van der Waals surface area contributed by atoms with Gasteiger partial charge in [-0.1, -0.05) is 6.08 Å². The topological polar surface area (TPSA) is 49.2 Å². The van der Waals surface area contributed by atoms with Crippen LogP contribution in [0.25, 0.3) is 11.0 Å². The van der Waals surface area contributed by atoms with Crippen LogP contribution in [-0.4, -0.2) is 34.8 Å². The quantitative estimate of drug-likeness (QED) is 0.862. The van der Waals surface area contributed by atoms with Crippen molar-refractivity contribution in [3.05, 3.63) is 41.7 Å². The van der Waals surface area contributed by atoms with Gasteiger partial charge in [0.1, 0.15) is 5.52 Å². The van der Waals surface area contributed by atoms with E-state index in [-0.39, 0.29) is 6.61 Å². The Morgan fingerprint density at radius 1 is 1.44 bits per heavy atom. The molecule has 0 saturated carbocycles. The van der Waals surface area contributed by atoms with E-state index in [0.29, 0.717) is 13.1 Å². The second-order valence-corrected chi connectivity index (χ2v) is 4.73. The summed E-state index contributed by atoms with van der Waals surface area (Å²) in [6.07, 6.45) is 5.30. The number of aromatic nitrogens is 2. The van der Waals surface area contributed by atoms with Crippen LogP contribution in [0, 0.1) is 0 Å². The number of hydrogen-bond donors (Lipinski definition) is 1. The van der Waals surface area contributed by atoms with Crippen molar-refractivity contribution in [1.29, 1.82) is 0 Å². The maximum atomic E-state index is 9.12. The van der Waals surface area contributed by atoms with Gasteiger partial charge in [0.05, 0.1) is 17.8 Å². The van der Waals surface area contributed by atoms with Gasteiger partial charge in [-0.25, -0.2) is 0 Å². The molecule has 0 aliphatic rings. The summed E-state index contributed by atoms with van der Waals surface area (Å²) in [6.45, 7) is 5.04. The maximum Gasteiger partial charge on any atom is 0.112 e. The Hall–Kier alpha value is -1.46. The van der Waals surface area contributed by atoms with E-state index in [1.165, 1.54) is 0 Å². The van der Waals surface area contributed by atoms with Gasteiger partial charge in [0, 0.05) is 30.0 Å². The Morgan fingerprint density at radius 2 is 2.28 bits per heavy atom. The van der Waals surface area contributed by atoms with E-state index in [0.717, 1.165) is 21.2 Å². The molecule has 0 amide bonds. The van der Waals surface area contributed by atoms with Gasteiger partial charge in [-0.15, -0.1) is 6.58 Å². The number of halogens is 1. The first-order chi connectivity index (χ1) is 8.76. The largest absolute Gasteiger partial charge is 0.395 e. The molecule has 94 valence electrons. The number of nitrogens with zero attached hydrogens (tertiary/aromatic N) is 3. The van der Waals surface area contributed by atoms with Crippen LogP contribution in [0.4, 0.5) is 5.69 Å². The molecule has 2 heterocycles. The monoisotopic (exact) mass is 307 g/mol. The van der Waals surface area contributed by atoms with Crippen molar-refractivity contribution in [2.45, 2.75) is 0 Å². The van der Waals surface area contributed by atoms with Crippen LogP contribution in [0.1, 0.15) is 0 Å². The molecule has 0 atom stereocenters. The van der Waals surface area contributed by atoms with Gasteiger partial charge in [0.2, 0.25) is 0 Å². The molecular formula is C13H14BrN3O. The summed E-state index contributed by atoms with van der Waals surface area (Å²) in [7, 11) is 0.